The minimum atomic E-state index is -0.361. The van der Waals surface area contributed by atoms with Crippen LogP contribution in [0.3, 0.4) is 0 Å². The molecule has 0 unspecified atom stereocenters. The fraction of sp³-hybridized carbons (Fsp3) is 0.857. The third-order valence-electron chi connectivity index (χ3n) is 0.771. The first kappa shape index (κ1) is 13.8. The quantitative estimate of drug-likeness (QED) is 0.403. The van der Waals surface area contributed by atoms with Crippen LogP contribution >= 0.6 is 24.2 Å². The van der Waals surface area contributed by atoms with Gasteiger partial charge in [0.05, 0.1) is 27.7 Å². The Balaban J connectivity index is 0. The molecule has 0 saturated carbocycles. The Morgan fingerprint density at radius 2 is 1.73 bits per heavy atom. The van der Waals surface area contributed by atoms with Crippen LogP contribution < -0.4 is 0 Å². The lowest BCUT2D eigenvalue weighted by molar-refractivity contribution is -0.867. The van der Waals surface area contributed by atoms with Gasteiger partial charge in [-0.1, -0.05) is 0 Å². The zero-order valence-corrected chi connectivity index (χ0v) is 9.25. The molecule has 0 aliphatic rings. The van der Waals surface area contributed by atoms with Crippen LogP contribution in [0, 0.1) is 0 Å². The van der Waals surface area contributed by atoms with E-state index in [0.717, 1.165) is 16.8 Å². The topological polar surface area (TPSA) is 17.1 Å². The largest absolute Gasteiger partial charge is 0.330 e. The third-order valence-corrected chi connectivity index (χ3v) is 0.971. The smallest absolute Gasteiger partial charge is 0.218 e. The first-order valence-electron chi connectivity index (χ1n) is 3.37. The number of thiol groups is 1. The number of hydrogen-bond acceptors (Lipinski definition) is 2. The van der Waals surface area contributed by atoms with Crippen molar-refractivity contribution in [1.29, 1.82) is 0 Å². The van der Waals surface area contributed by atoms with Crippen molar-refractivity contribution < 1.29 is 9.28 Å². The van der Waals surface area contributed by atoms with Gasteiger partial charge in [0.15, 0.2) is 0 Å². The molecule has 0 spiro atoms. The summed E-state index contributed by atoms with van der Waals surface area (Å²) in [5.41, 5.74) is 0. The summed E-state index contributed by atoms with van der Waals surface area (Å²) in [7, 11) is 6.49. The predicted molar refractivity (Wildman–Crippen MR) is 53.3 cm³/mol. The van der Waals surface area contributed by atoms with Crippen molar-refractivity contribution in [2.45, 2.75) is 6.92 Å². The Morgan fingerprint density at radius 1 is 1.45 bits per heavy atom. The molecular formula is C7H17ClNOS+. The Hall–Kier alpha value is 0.270. The summed E-state index contributed by atoms with van der Waals surface area (Å²) in [6.07, 6.45) is 0. The maximum Gasteiger partial charge on any atom is 0.218 e. The molecule has 0 heterocycles. The fourth-order valence-electron chi connectivity index (χ4n) is 0.300. The van der Waals surface area contributed by atoms with E-state index in [9.17, 15) is 4.79 Å². The van der Waals surface area contributed by atoms with Crippen LogP contribution in [0.5, 0.6) is 0 Å². The van der Waals surface area contributed by atoms with Gasteiger partial charge in [-0.25, -0.2) is 0 Å². The second kappa shape index (κ2) is 6.95. The zero-order valence-electron chi connectivity index (χ0n) is 7.59. The highest BCUT2D eigenvalue weighted by Gasteiger charge is 2.01. The Morgan fingerprint density at radius 3 is 1.73 bits per heavy atom. The number of carbonyl (C=O) groups excluding carboxylic acids is 1. The number of halogens is 1. The summed E-state index contributed by atoms with van der Waals surface area (Å²) in [4.78, 5) is 9.21. The van der Waals surface area contributed by atoms with Gasteiger partial charge in [-0.2, -0.15) is 12.6 Å². The third kappa shape index (κ3) is 38.5. The van der Waals surface area contributed by atoms with Gasteiger partial charge in [0.25, 0.3) is 0 Å². The summed E-state index contributed by atoms with van der Waals surface area (Å²) in [6.45, 7) is 2.44. The van der Waals surface area contributed by atoms with Gasteiger partial charge in [-0.15, -0.1) is 0 Å². The molecule has 0 aromatic rings. The fourth-order valence-corrected chi connectivity index (χ4v) is 0.900. The summed E-state index contributed by atoms with van der Waals surface area (Å²) < 4.78 is 1.02. The van der Waals surface area contributed by atoms with E-state index in [4.69, 9.17) is 0 Å². The highest BCUT2D eigenvalue weighted by Crippen LogP contribution is 1.88. The van der Waals surface area contributed by atoms with Crippen molar-refractivity contribution in [1.82, 2.24) is 0 Å². The van der Waals surface area contributed by atoms with Gasteiger partial charge in [-0.3, -0.25) is 4.79 Å². The van der Waals surface area contributed by atoms with Gasteiger partial charge in [0.2, 0.25) is 5.24 Å². The highest BCUT2D eigenvalue weighted by molar-refractivity contribution is 7.80. The summed E-state index contributed by atoms with van der Waals surface area (Å²) in [6, 6.07) is 0. The molecule has 0 aliphatic carbocycles. The van der Waals surface area contributed by atoms with Gasteiger partial charge in [-0.05, 0) is 11.6 Å². The molecule has 11 heavy (non-hydrogen) atoms. The lowest BCUT2D eigenvalue weighted by Crippen LogP contribution is -2.36. The van der Waals surface area contributed by atoms with Crippen LogP contribution in [0.1, 0.15) is 6.92 Å². The summed E-state index contributed by atoms with van der Waals surface area (Å²) in [5.74, 6) is 0.976. The lowest BCUT2D eigenvalue weighted by Gasteiger charge is -2.22. The molecule has 0 rings (SSSR count). The van der Waals surface area contributed by atoms with E-state index in [1.807, 2.05) is 0 Å². The second-order valence-electron chi connectivity index (χ2n) is 3.21. The lowest BCUT2D eigenvalue weighted by atomic mass is 10.6. The SMILES string of the molecule is CC(=O)Cl.C[N+](C)(C)CCS. The van der Waals surface area contributed by atoms with Crippen LogP contribution in [0.2, 0.25) is 0 Å². The minimum absolute atomic E-state index is 0.361. The van der Waals surface area contributed by atoms with Crippen LogP contribution in [0.25, 0.3) is 0 Å². The van der Waals surface area contributed by atoms with Crippen molar-refractivity contribution >= 4 is 29.5 Å². The van der Waals surface area contributed by atoms with Crippen LogP contribution in [0.4, 0.5) is 0 Å². The molecular weight excluding hydrogens is 182 g/mol. The van der Waals surface area contributed by atoms with Gasteiger partial charge in [0.1, 0.15) is 0 Å². The molecule has 0 aliphatic heterocycles. The first-order chi connectivity index (χ1) is 4.79. The molecule has 0 N–H and O–H groups in total. The molecule has 0 radical (unpaired) electrons. The summed E-state index contributed by atoms with van der Waals surface area (Å²) in [5, 5.41) is -0.361. The second-order valence-corrected chi connectivity index (χ2v) is 4.19. The molecule has 0 amide bonds. The van der Waals surface area contributed by atoms with E-state index in [0.29, 0.717) is 0 Å². The Labute approximate surface area is 79.5 Å². The van der Waals surface area contributed by atoms with Crippen molar-refractivity contribution in [2.75, 3.05) is 33.4 Å². The molecule has 0 bridgehead atoms. The number of nitrogens with zero attached hydrogens (tertiary/aromatic N) is 1. The average molecular weight is 199 g/mol. The van der Waals surface area contributed by atoms with Crippen LogP contribution in [0.15, 0.2) is 0 Å². The van der Waals surface area contributed by atoms with E-state index in [2.05, 4.69) is 45.4 Å². The number of carbonyl (C=O) groups is 1. The minimum Gasteiger partial charge on any atom is -0.330 e. The van der Waals surface area contributed by atoms with E-state index in [1.54, 1.807) is 0 Å². The average Bonchev–Trinajstić information content (AvgIpc) is 1.58. The Bertz CT molecular complexity index is 107. The molecule has 2 nitrogen and oxygen atoms in total. The molecule has 68 valence electrons. The van der Waals surface area contributed by atoms with Crippen molar-refractivity contribution in [2.24, 2.45) is 0 Å². The summed E-state index contributed by atoms with van der Waals surface area (Å²) >= 11 is 8.73. The Kier molecular flexibility index (Phi) is 8.74. The number of hydrogen-bond donors (Lipinski definition) is 1. The van der Waals surface area contributed by atoms with Crippen LogP contribution in [-0.2, 0) is 4.79 Å². The molecule has 0 aromatic heterocycles. The van der Waals surface area contributed by atoms with E-state index >= 15 is 0 Å². The number of quaternary nitrogens is 1. The monoisotopic (exact) mass is 198 g/mol. The van der Waals surface area contributed by atoms with Gasteiger partial charge in [0, 0.05) is 12.7 Å². The number of rotatable bonds is 2. The molecule has 0 aromatic carbocycles. The van der Waals surface area contributed by atoms with E-state index in [-0.39, 0.29) is 5.24 Å². The maximum absolute atomic E-state index is 9.21. The highest BCUT2D eigenvalue weighted by atomic mass is 35.5. The van der Waals surface area contributed by atoms with Crippen molar-refractivity contribution in [3.8, 4) is 0 Å². The van der Waals surface area contributed by atoms with Crippen molar-refractivity contribution in [3.63, 3.8) is 0 Å². The zero-order chi connectivity index (χ0) is 9.49. The van der Waals surface area contributed by atoms with E-state index in [1.165, 1.54) is 6.92 Å². The molecule has 0 atom stereocenters. The van der Waals surface area contributed by atoms with Crippen LogP contribution in [-0.4, -0.2) is 43.2 Å². The van der Waals surface area contributed by atoms with Gasteiger partial charge < -0.3 is 4.48 Å². The van der Waals surface area contributed by atoms with E-state index < -0.39 is 0 Å². The predicted octanol–water partition coefficient (Wildman–Crippen LogP) is 1.39. The maximum atomic E-state index is 9.21. The van der Waals surface area contributed by atoms with Gasteiger partial charge >= 0.3 is 0 Å². The van der Waals surface area contributed by atoms with Crippen molar-refractivity contribution in [3.05, 3.63) is 0 Å². The molecule has 0 saturated heterocycles. The molecule has 4 heteroatoms. The standard InChI is InChI=1S/C5H13NS.C2H3ClO/c1-6(2,3)4-5-7;1-2(3)4/h4-5H2,1-3H3;1H3/p+1. The normalized spacial score (nSPS) is 10.0. The first-order valence-corrected chi connectivity index (χ1v) is 4.38. The molecule has 0 fully saturated rings.